The molecule has 212 valence electrons. The molecule has 0 aliphatic carbocycles. The van der Waals surface area contributed by atoms with E-state index >= 15 is 0 Å². The predicted octanol–water partition coefficient (Wildman–Crippen LogP) is 5.55. The molecule has 40 heavy (non-hydrogen) atoms. The van der Waals surface area contributed by atoms with Gasteiger partial charge in [0.1, 0.15) is 6.42 Å². The fraction of sp³-hybridized carbons (Fsp3) is 0.500. The zero-order valence-electron chi connectivity index (χ0n) is 22.2. The third kappa shape index (κ3) is 16.6. The molecule has 0 bridgehead atoms. The first-order valence-electron chi connectivity index (χ1n) is 13.6. The quantitative estimate of drug-likeness (QED) is 0.0732. The normalized spacial score (nSPS) is 11.9. The van der Waals surface area contributed by atoms with E-state index in [9.17, 15) is 19.5 Å². The number of anilines is 1. The van der Waals surface area contributed by atoms with Crippen LogP contribution in [0.5, 0.6) is 0 Å². The summed E-state index contributed by atoms with van der Waals surface area (Å²) in [6.07, 6.45) is 9.19. The molecule has 4 N–H and O–H groups in total. The van der Waals surface area contributed by atoms with Crippen LogP contribution in [0.15, 0.2) is 53.4 Å². The Kier molecular flexibility index (Phi) is 22.2. The van der Waals surface area contributed by atoms with Crippen LogP contribution in [0.25, 0.3) is 0 Å². The molecule has 10 heteroatoms. The second-order valence-electron chi connectivity index (χ2n) is 9.65. The Hall–Kier alpha value is -0.840. The van der Waals surface area contributed by atoms with Crippen molar-refractivity contribution in [3.8, 4) is 0 Å². The Balaban J connectivity index is 0.00000760. The average Bonchev–Trinajstić information content (AvgIpc) is 2.86. The zero-order chi connectivity index (χ0) is 27.8. The van der Waals surface area contributed by atoms with Crippen LogP contribution >= 0.6 is 11.8 Å². The molecule has 0 radical (unpaired) electrons. The summed E-state index contributed by atoms with van der Waals surface area (Å²) in [6.45, 7) is 2.23. The number of aryl methyl sites for hydroxylation is 1. The number of aliphatic hydroxyl groups is 1. The summed E-state index contributed by atoms with van der Waals surface area (Å²) in [7, 11) is 0. The molecule has 2 aromatic carbocycles. The molecule has 0 aliphatic heterocycles. The summed E-state index contributed by atoms with van der Waals surface area (Å²) in [6, 6.07) is 15.3. The van der Waals surface area contributed by atoms with Crippen LogP contribution in [0.2, 0.25) is 0 Å². The van der Waals surface area contributed by atoms with Crippen molar-refractivity contribution < 1.29 is 29.7 Å². The van der Waals surface area contributed by atoms with Gasteiger partial charge in [-0.15, -0.1) is 11.8 Å². The van der Waals surface area contributed by atoms with Crippen molar-refractivity contribution in [2.45, 2.75) is 100 Å². The Morgan fingerprint density at radius 2 is 1.50 bits per heavy atom. The van der Waals surface area contributed by atoms with Crippen LogP contribution in [-0.4, -0.2) is 98.4 Å². The SMILES string of the molecule is CCCCCCCCCc1ccc(C(Sc2cccc(NC(=O)CC(=O)O)c2)C(O)CCCC(=O)O)cc1.[NaH].[NaH]. The number of carbonyl (C=O) groups excluding carboxylic acids is 1. The molecule has 0 aliphatic rings. The van der Waals surface area contributed by atoms with E-state index in [0.29, 0.717) is 18.5 Å². The van der Waals surface area contributed by atoms with Gasteiger partial charge >= 0.3 is 71.1 Å². The van der Waals surface area contributed by atoms with Crippen LogP contribution in [-0.2, 0) is 20.8 Å². The van der Waals surface area contributed by atoms with Gasteiger partial charge in [-0.1, -0.05) is 75.8 Å². The van der Waals surface area contributed by atoms with Crippen LogP contribution in [0.3, 0.4) is 0 Å². The van der Waals surface area contributed by atoms with Crippen LogP contribution in [0.1, 0.15) is 93.9 Å². The molecule has 2 rings (SSSR count). The summed E-state index contributed by atoms with van der Waals surface area (Å²) < 4.78 is 0. The van der Waals surface area contributed by atoms with Gasteiger partial charge in [0.25, 0.3) is 0 Å². The minimum absolute atomic E-state index is 0. The number of unbranched alkanes of at least 4 members (excludes halogenated alkanes) is 6. The fourth-order valence-corrected chi connectivity index (χ4v) is 5.51. The van der Waals surface area contributed by atoms with Gasteiger partial charge in [-0.3, -0.25) is 14.4 Å². The number of amides is 1. The fourth-order valence-electron chi connectivity index (χ4n) is 4.28. The van der Waals surface area contributed by atoms with Crippen LogP contribution in [0, 0.1) is 0 Å². The number of carbonyl (C=O) groups is 3. The summed E-state index contributed by atoms with van der Waals surface area (Å²) >= 11 is 1.44. The maximum atomic E-state index is 11.9. The van der Waals surface area contributed by atoms with Gasteiger partial charge in [0.05, 0.1) is 11.4 Å². The topological polar surface area (TPSA) is 124 Å². The molecule has 7 nitrogen and oxygen atoms in total. The summed E-state index contributed by atoms with van der Waals surface area (Å²) in [5.41, 5.74) is 2.68. The average molecular weight is 592 g/mol. The molecule has 2 atom stereocenters. The Morgan fingerprint density at radius 3 is 2.12 bits per heavy atom. The number of carboxylic acid groups (broad SMARTS) is 2. The molecule has 0 aromatic heterocycles. The second-order valence-corrected chi connectivity index (χ2v) is 10.9. The molecule has 0 saturated heterocycles. The Morgan fingerprint density at radius 1 is 0.850 bits per heavy atom. The van der Waals surface area contributed by atoms with Gasteiger partial charge in [0.2, 0.25) is 5.91 Å². The standard InChI is InChI=1S/C30H41NO6S.2Na.2H/c1-2-3-4-5-6-7-8-11-22-16-18-23(19-17-22)30(26(32)14-10-15-28(34)35)38-25-13-9-12-24(20-25)31-27(33)21-29(36)37;;;;/h9,12-13,16-20,26,30,32H,2-8,10-11,14-15,21H2,1H3,(H,31,33)(H,34,35)(H,36,37);;;;. The van der Waals surface area contributed by atoms with E-state index in [1.54, 1.807) is 18.2 Å². The molecule has 2 unspecified atom stereocenters. The number of hydrogen-bond donors (Lipinski definition) is 4. The maximum absolute atomic E-state index is 11.9. The van der Waals surface area contributed by atoms with Gasteiger partial charge < -0.3 is 20.6 Å². The number of aliphatic carboxylic acids is 2. The van der Waals surface area contributed by atoms with Crippen molar-refractivity contribution in [1.82, 2.24) is 0 Å². The third-order valence-corrected chi connectivity index (χ3v) is 7.68. The van der Waals surface area contributed by atoms with Crippen molar-refractivity contribution in [2.24, 2.45) is 0 Å². The van der Waals surface area contributed by atoms with Crippen LogP contribution < -0.4 is 5.32 Å². The minimum atomic E-state index is -1.20. The number of hydrogen-bond acceptors (Lipinski definition) is 5. The number of carboxylic acids is 2. The summed E-state index contributed by atoms with van der Waals surface area (Å²) in [5, 5.41) is 31.1. The molecule has 0 spiro atoms. The molecular weight excluding hydrogens is 548 g/mol. The molecule has 0 heterocycles. The van der Waals surface area contributed by atoms with Gasteiger partial charge in [-0.2, -0.15) is 0 Å². The van der Waals surface area contributed by atoms with Crippen molar-refractivity contribution in [2.75, 3.05) is 5.32 Å². The Bertz CT molecular complexity index is 1020. The molecular formula is C30H43NNa2O6S. The molecule has 0 saturated carbocycles. The Labute approximate surface area is 286 Å². The van der Waals surface area contributed by atoms with E-state index < -0.39 is 30.4 Å². The number of thioether (sulfide) groups is 1. The number of benzene rings is 2. The van der Waals surface area contributed by atoms with E-state index in [1.165, 1.54) is 55.9 Å². The van der Waals surface area contributed by atoms with E-state index in [4.69, 9.17) is 10.2 Å². The first-order chi connectivity index (χ1) is 18.3. The van der Waals surface area contributed by atoms with Crippen molar-refractivity contribution in [3.63, 3.8) is 0 Å². The summed E-state index contributed by atoms with van der Waals surface area (Å²) in [4.78, 5) is 34.4. The number of rotatable bonds is 19. The first-order valence-corrected chi connectivity index (χ1v) is 14.4. The number of aliphatic hydroxyl groups excluding tert-OH is 1. The monoisotopic (exact) mass is 591 g/mol. The number of nitrogens with one attached hydrogen (secondary N) is 1. The van der Waals surface area contributed by atoms with Crippen LogP contribution in [0.4, 0.5) is 5.69 Å². The predicted molar refractivity (Wildman–Crippen MR) is 166 cm³/mol. The van der Waals surface area contributed by atoms with Gasteiger partial charge in [0.15, 0.2) is 0 Å². The van der Waals surface area contributed by atoms with E-state index in [0.717, 1.165) is 23.3 Å². The van der Waals surface area contributed by atoms with E-state index in [1.807, 2.05) is 18.2 Å². The summed E-state index contributed by atoms with van der Waals surface area (Å²) in [5.74, 6) is -2.70. The van der Waals surface area contributed by atoms with Crippen molar-refractivity contribution in [3.05, 3.63) is 59.7 Å². The van der Waals surface area contributed by atoms with E-state index in [2.05, 4.69) is 24.4 Å². The van der Waals surface area contributed by atoms with Gasteiger partial charge in [-0.25, -0.2) is 0 Å². The van der Waals surface area contributed by atoms with Crippen molar-refractivity contribution >= 4 is 94.4 Å². The molecule has 2 aromatic rings. The second kappa shape index (κ2) is 22.7. The third-order valence-electron chi connectivity index (χ3n) is 6.31. The molecule has 1 amide bonds. The van der Waals surface area contributed by atoms with Gasteiger partial charge in [-0.05, 0) is 55.0 Å². The van der Waals surface area contributed by atoms with Crippen molar-refractivity contribution in [1.29, 1.82) is 0 Å². The zero-order valence-corrected chi connectivity index (χ0v) is 23.0. The molecule has 0 fully saturated rings. The van der Waals surface area contributed by atoms with E-state index in [-0.39, 0.29) is 70.8 Å². The van der Waals surface area contributed by atoms with Gasteiger partial charge in [0, 0.05) is 17.0 Å². The first kappa shape index (κ1) is 39.2.